The van der Waals surface area contributed by atoms with Crippen molar-refractivity contribution in [1.29, 1.82) is 0 Å². The molecule has 16 heteroatoms. The van der Waals surface area contributed by atoms with E-state index in [1.807, 2.05) is 30.5 Å². The summed E-state index contributed by atoms with van der Waals surface area (Å²) in [6.45, 7) is 4.46. The van der Waals surface area contributed by atoms with Gasteiger partial charge < -0.3 is 14.9 Å². The zero-order chi connectivity index (χ0) is 29.5. The first-order chi connectivity index (χ1) is 18.0. The molecule has 0 aliphatic rings. The van der Waals surface area contributed by atoms with Gasteiger partial charge in [-0.05, 0) is 44.7 Å². The predicted octanol–water partition coefficient (Wildman–Crippen LogP) is 4.98. The van der Waals surface area contributed by atoms with Crippen molar-refractivity contribution in [3.63, 3.8) is 0 Å². The molecular formula is C23H24F6N4O5S. The van der Waals surface area contributed by atoms with Crippen molar-refractivity contribution in [2.45, 2.75) is 44.1 Å². The SMILES string of the molecule is CC(C)N(C)Cc1cccc(F)c1CNc1cc(F)c(S(=O)(=O)Nc2ccon2)c(F)c1.O=C(O)C(F)(F)F. The lowest BCUT2D eigenvalue weighted by Gasteiger charge is -2.23. The Balaban J connectivity index is 0.000000673. The number of carboxylic acid groups (broad SMARTS) is 1. The van der Waals surface area contributed by atoms with Gasteiger partial charge in [-0.3, -0.25) is 9.62 Å². The average Bonchev–Trinajstić information content (AvgIpc) is 3.30. The second kappa shape index (κ2) is 12.8. The van der Waals surface area contributed by atoms with Gasteiger partial charge in [0, 0.05) is 36.4 Å². The first kappa shape index (κ1) is 31.4. The van der Waals surface area contributed by atoms with Gasteiger partial charge in [-0.15, -0.1) is 0 Å². The van der Waals surface area contributed by atoms with Crippen molar-refractivity contribution in [1.82, 2.24) is 10.1 Å². The molecule has 0 spiro atoms. The van der Waals surface area contributed by atoms with E-state index in [9.17, 15) is 34.8 Å². The van der Waals surface area contributed by atoms with Gasteiger partial charge in [-0.1, -0.05) is 17.3 Å². The van der Waals surface area contributed by atoms with Crippen molar-refractivity contribution in [3.05, 3.63) is 71.2 Å². The highest BCUT2D eigenvalue weighted by molar-refractivity contribution is 7.92. The smallest absolute Gasteiger partial charge is 0.475 e. The van der Waals surface area contributed by atoms with Crippen molar-refractivity contribution >= 4 is 27.5 Å². The first-order valence-electron chi connectivity index (χ1n) is 11.0. The molecule has 3 aromatic rings. The normalized spacial score (nSPS) is 11.8. The standard InChI is InChI=1S/C21H23F3N4O3S.C2HF3O2/c1-13(2)28(3)12-14-5-4-6-17(22)16(14)11-25-15-9-18(23)21(19(24)10-15)32(29,30)27-20-7-8-31-26-20;3-2(4,5)1(6)7/h4-10,13,25H,11-12H2,1-3H3,(H,26,27);(H,6,7). The fourth-order valence-electron chi connectivity index (χ4n) is 2.96. The van der Waals surface area contributed by atoms with Gasteiger partial charge in [0.15, 0.2) is 10.7 Å². The molecule has 214 valence electrons. The van der Waals surface area contributed by atoms with Crippen LogP contribution >= 0.6 is 0 Å². The minimum atomic E-state index is -5.08. The number of anilines is 2. The Bertz CT molecular complexity index is 1360. The van der Waals surface area contributed by atoms with Crippen LogP contribution in [0.5, 0.6) is 0 Å². The molecule has 0 unspecified atom stereocenters. The molecule has 0 saturated carbocycles. The van der Waals surface area contributed by atoms with Gasteiger partial charge in [-0.25, -0.2) is 26.4 Å². The summed E-state index contributed by atoms with van der Waals surface area (Å²) < 4.78 is 106. The van der Waals surface area contributed by atoms with Crippen molar-refractivity contribution in [2.75, 3.05) is 17.1 Å². The van der Waals surface area contributed by atoms with E-state index in [0.717, 1.165) is 24.0 Å². The summed E-state index contributed by atoms with van der Waals surface area (Å²) in [5.74, 6) is -6.05. The third-order valence-corrected chi connectivity index (χ3v) is 6.58. The molecule has 3 N–H and O–H groups in total. The number of benzene rings is 2. The van der Waals surface area contributed by atoms with Crippen LogP contribution < -0.4 is 10.0 Å². The minimum absolute atomic E-state index is 0.0354. The molecular weight excluding hydrogens is 558 g/mol. The maximum absolute atomic E-state index is 14.6. The molecule has 0 bridgehead atoms. The van der Waals surface area contributed by atoms with E-state index in [4.69, 9.17) is 9.90 Å². The summed E-state index contributed by atoms with van der Waals surface area (Å²) in [6.07, 6.45) is -3.98. The Kier molecular flexibility index (Phi) is 10.3. The number of halogens is 6. The molecule has 39 heavy (non-hydrogen) atoms. The highest BCUT2D eigenvalue weighted by Gasteiger charge is 2.38. The molecule has 2 aromatic carbocycles. The molecule has 0 fully saturated rings. The molecule has 0 radical (unpaired) electrons. The number of aliphatic carboxylic acids is 1. The van der Waals surface area contributed by atoms with Gasteiger partial charge in [0.25, 0.3) is 10.0 Å². The van der Waals surface area contributed by atoms with E-state index in [1.54, 1.807) is 12.1 Å². The van der Waals surface area contributed by atoms with Gasteiger partial charge in [0.1, 0.15) is 23.7 Å². The number of sulfonamides is 1. The van der Waals surface area contributed by atoms with Crippen LogP contribution in [0.3, 0.4) is 0 Å². The van der Waals surface area contributed by atoms with Gasteiger partial charge >= 0.3 is 12.1 Å². The topological polar surface area (TPSA) is 125 Å². The second-order valence-electron chi connectivity index (χ2n) is 8.30. The van der Waals surface area contributed by atoms with E-state index >= 15 is 0 Å². The van der Waals surface area contributed by atoms with Crippen LogP contribution in [0.4, 0.5) is 37.8 Å². The van der Waals surface area contributed by atoms with E-state index in [1.165, 1.54) is 12.1 Å². The molecule has 0 amide bonds. The zero-order valence-corrected chi connectivity index (χ0v) is 21.5. The number of alkyl halides is 3. The van der Waals surface area contributed by atoms with Gasteiger partial charge in [0.05, 0.1) is 0 Å². The lowest BCUT2D eigenvalue weighted by molar-refractivity contribution is -0.192. The van der Waals surface area contributed by atoms with E-state index in [-0.39, 0.29) is 24.1 Å². The molecule has 0 aliphatic heterocycles. The van der Waals surface area contributed by atoms with Crippen LogP contribution in [0.15, 0.2) is 52.1 Å². The number of hydrogen-bond acceptors (Lipinski definition) is 7. The summed E-state index contributed by atoms with van der Waals surface area (Å²) in [4.78, 5) is 9.77. The van der Waals surface area contributed by atoms with Crippen LogP contribution in [-0.4, -0.2) is 48.8 Å². The van der Waals surface area contributed by atoms with Crippen molar-refractivity contribution in [3.8, 4) is 0 Å². The molecule has 1 heterocycles. The van der Waals surface area contributed by atoms with Crippen LogP contribution in [0.1, 0.15) is 25.0 Å². The first-order valence-corrected chi connectivity index (χ1v) is 12.4. The molecule has 0 atom stereocenters. The number of carbonyl (C=O) groups is 1. The summed E-state index contributed by atoms with van der Waals surface area (Å²) in [5.41, 5.74) is 1.04. The Labute approximate surface area is 219 Å². The summed E-state index contributed by atoms with van der Waals surface area (Å²) >= 11 is 0. The van der Waals surface area contributed by atoms with Crippen LogP contribution in [0.25, 0.3) is 0 Å². The molecule has 0 saturated heterocycles. The number of hydrogen-bond donors (Lipinski definition) is 3. The number of nitrogens with zero attached hydrogens (tertiary/aromatic N) is 2. The highest BCUT2D eigenvalue weighted by atomic mass is 32.2. The van der Waals surface area contributed by atoms with Crippen molar-refractivity contribution < 1.29 is 49.2 Å². The third kappa shape index (κ3) is 8.88. The zero-order valence-electron chi connectivity index (χ0n) is 20.7. The fourth-order valence-corrected chi connectivity index (χ4v) is 4.08. The van der Waals surface area contributed by atoms with Crippen LogP contribution in [-0.2, 0) is 27.9 Å². The number of rotatable bonds is 9. The Morgan fingerprint density at radius 3 is 2.18 bits per heavy atom. The van der Waals surface area contributed by atoms with Gasteiger partial charge in [-0.2, -0.15) is 13.2 Å². The number of nitrogens with one attached hydrogen (secondary N) is 2. The maximum atomic E-state index is 14.6. The largest absolute Gasteiger partial charge is 0.490 e. The predicted molar refractivity (Wildman–Crippen MR) is 128 cm³/mol. The number of carboxylic acids is 1. The third-order valence-electron chi connectivity index (χ3n) is 5.17. The fraction of sp³-hybridized carbons (Fsp3) is 0.304. The van der Waals surface area contributed by atoms with Crippen molar-refractivity contribution in [2.24, 2.45) is 0 Å². The van der Waals surface area contributed by atoms with E-state index in [0.29, 0.717) is 12.1 Å². The lowest BCUT2D eigenvalue weighted by Crippen LogP contribution is -2.26. The molecule has 1 aromatic heterocycles. The highest BCUT2D eigenvalue weighted by Crippen LogP contribution is 2.26. The Morgan fingerprint density at radius 1 is 1.10 bits per heavy atom. The van der Waals surface area contributed by atoms with Crippen LogP contribution in [0.2, 0.25) is 0 Å². The monoisotopic (exact) mass is 582 g/mol. The molecule has 0 aliphatic carbocycles. The lowest BCUT2D eigenvalue weighted by atomic mass is 10.1. The maximum Gasteiger partial charge on any atom is 0.490 e. The minimum Gasteiger partial charge on any atom is -0.475 e. The average molecular weight is 583 g/mol. The second-order valence-corrected chi connectivity index (χ2v) is 9.92. The van der Waals surface area contributed by atoms with Gasteiger partial charge in [0.2, 0.25) is 0 Å². The van der Waals surface area contributed by atoms with Crippen LogP contribution in [0, 0.1) is 17.5 Å². The summed E-state index contributed by atoms with van der Waals surface area (Å²) in [5, 5.41) is 13.2. The van der Waals surface area contributed by atoms with E-state index in [2.05, 4.69) is 15.0 Å². The quantitative estimate of drug-likeness (QED) is 0.302. The molecule has 9 nitrogen and oxygen atoms in total. The Morgan fingerprint density at radius 2 is 1.69 bits per heavy atom. The summed E-state index contributed by atoms with van der Waals surface area (Å²) in [6, 6.07) is 7.79. The molecule has 3 rings (SSSR count). The Hall–Kier alpha value is -3.79. The van der Waals surface area contributed by atoms with E-state index < -0.39 is 44.5 Å². The number of aromatic nitrogens is 1. The summed E-state index contributed by atoms with van der Waals surface area (Å²) in [7, 11) is -2.67.